The molecule has 2 aliphatic rings. The van der Waals surface area contributed by atoms with Crippen LogP contribution >= 0.6 is 11.3 Å². The lowest BCUT2D eigenvalue weighted by atomic mass is 9.85. The number of carbonyl (C=O) groups excluding carboxylic acids is 1. The van der Waals surface area contributed by atoms with Gasteiger partial charge in [0.15, 0.2) is 0 Å². The van der Waals surface area contributed by atoms with Gasteiger partial charge < -0.3 is 14.4 Å². The van der Waals surface area contributed by atoms with E-state index < -0.39 is 0 Å². The molecule has 1 aromatic heterocycles. The summed E-state index contributed by atoms with van der Waals surface area (Å²) in [5, 5.41) is 2.14. The van der Waals surface area contributed by atoms with Crippen molar-refractivity contribution in [2.45, 2.75) is 24.9 Å². The summed E-state index contributed by atoms with van der Waals surface area (Å²) in [6.45, 7) is 5.98. The highest BCUT2D eigenvalue weighted by Gasteiger charge is 2.42. The lowest BCUT2D eigenvalue weighted by Crippen LogP contribution is -2.48. The van der Waals surface area contributed by atoms with E-state index >= 15 is 0 Å². The summed E-state index contributed by atoms with van der Waals surface area (Å²) in [6, 6.07) is 2.20. The molecular formula is C15H19NO3S. The van der Waals surface area contributed by atoms with Gasteiger partial charge in [0.2, 0.25) is 0 Å². The fourth-order valence-electron chi connectivity index (χ4n) is 3.00. The highest BCUT2D eigenvalue weighted by molar-refractivity contribution is 7.10. The van der Waals surface area contributed by atoms with E-state index in [0.717, 1.165) is 25.9 Å². The second kappa shape index (κ2) is 5.58. The third-order valence-corrected chi connectivity index (χ3v) is 5.21. The summed E-state index contributed by atoms with van der Waals surface area (Å²) < 4.78 is 11.2. The number of rotatable bonds is 2. The molecule has 0 saturated carbocycles. The van der Waals surface area contributed by atoms with Crippen LogP contribution in [0.4, 0.5) is 4.79 Å². The molecule has 3 heterocycles. The van der Waals surface area contributed by atoms with Gasteiger partial charge in [0.1, 0.15) is 12.2 Å². The molecule has 1 saturated heterocycles. The van der Waals surface area contributed by atoms with Crippen molar-refractivity contribution in [3.63, 3.8) is 0 Å². The van der Waals surface area contributed by atoms with Crippen LogP contribution in [0, 0.1) is 0 Å². The number of thiophene rings is 1. The highest BCUT2D eigenvalue weighted by Crippen LogP contribution is 2.44. The number of carbonyl (C=O) groups is 1. The fourth-order valence-corrected chi connectivity index (χ4v) is 4.17. The van der Waals surface area contributed by atoms with Crippen molar-refractivity contribution in [3.05, 3.63) is 34.5 Å². The van der Waals surface area contributed by atoms with Gasteiger partial charge in [-0.2, -0.15) is 0 Å². The molecule has 0 aliphatic carbocycles. The second-order valence-corrected chi connectivity index (χ2v) is 6.14. The Morgan fingerprint density at radius 1 is 1.55 bits per heavy atom. The van der Waals surface area contributed by atoms with Crippen LogP contribution in [-0.2, 0) is 21.5 Å². The maximum atomic E-state index is 11.8. The minimum atomic E-state index is -0.248. The van der Waals surface area contributed by atoms with E-state index in [1.807, 2.05) is 0 Å². The Hall–Kier alpha value is -1.33. The number of fused-ring (bicyclic) bond motifs is 2. The molecule has 1 spiro atoms. The molecule has 5 heteroatoms. The van der Waals surface area contributed by atoms with Gasteiger partial charge in [-0.3, -0.25) is 0 Å². The Kier molecular flexibility index (Phi) is 3.81. The van der Waals surface area contributed by atoms with E-state index in [9.17, 15) is 4.79 Å². The maximum absolute atomic E-state index is 11.8. The van der Waals surface area contributed by atoms with Crippen molar-refractivity contribution in [2.75, 3.05) is 26.3 Å². The molecule has 108 valence electrons. The van der Waals surface area contributed by atoms with Crippen LogP contribution in [0.25, 0.3) is 0 Å². The molecule has 0 aromatic carbocycles. The topological polar surface area (TPSA) is 38.8 Å². The average molecular weight is 293 g/mol. The molecule has 2 aliphatic heterocycles. The highest BCUT2D eigenvalue weighted by atomic mass is 32.1. The first-order valence-corrected chi connectivity index (χ1v) is 7.86. The minimum Gasteiger partial charge on any atom is -0.445 e. The van der Waals surface area contributed by atoms with Gasteiger partial charge in [0, 0.05) is 18.0 Å². The third-order valence-electron chi connectivity index (χ3n) is 4.06. The van der Waals surface area contributed by atoms with E-state index in [4.69, 9.17) is 9.47 Å². The number of amides is 1. The van der Waals surface area contributed by atoms with E-state index in [-0.39, 0.29) is 18.3 Å². The summed E-state index contributed by atoms with van der Waals surface area (Å²) in [5.74, 6) is 0. The normalized spacial score (nSPS) is 20.5. The quantitative estimate of drug-likeness (QED) is 0.787. The van der Waals surface area contributed by atoms with E-state index in [0.29, 0.717) is 13.1 Å². The average Bonchev–Trinajstić information content (AvgIpc) is 2.96. The van der Waals surface area contributed by atoms with Gasteiger partial charge in [-0.1, -0.05) is 12.7 Å². The van der Waals surface area contributed by atoms with Gasteiger partial charge in [-0.15, -0.1) is 11.3 Å². The molecule has 1 aromatic rings. The van der Waals surface area contributed by atoms with E-state index in [1.54, 1.807) is 22.3 Å². The molecule has 20 heavy (non-hydrogen) atoms. The number of hydrogen-bond acceptors (Lipinski definition) is 4. The molecule has 0 bridgehead atoms. The summed E-state index contributed by atoms with van der Waals surface area (Å²) >= 11 is 1.78. The Bertz CT molecular complexity index is 503. The number of piperidine rings is 1. The Balaban J connectivity index is 1.67. The SMILES string of the molecule is C=CCOC(=O)N1CCC2(CC1)OCCc1ccsc12. The standard InChI is InChI=1S/C15H19NO3S/c1-2-9-18-14(17)16-7-5-15(6-8-16)13-12(3-10-19-15)4-11-20-13/h2,4,11H,1,3,5-10H2. The number of likely N-dealkylation sites (tertiary alicyclic amines) is 1. The van der Waals surface area contributed by atoms with Crippen molar-refractivity contribution in [3.8, 4) is 0 Å². The summed E-state index contributed by atoms with van der Waals surface area (Å²) in [6.07, 6.45) is 4.05. The smallest absolute Gasteiger partial charge is 0.410 e. The van der Waals surface area contributed by atoms with Gasteiger partial charge in [-0.05, 0) is 36.3 Å². The van der Waals surface area contributed by atoms with Gasteiger partial charge in [-0.25, -0.2) is 4.79 Å². The molecule has 4 nitrogen and oxygen atoms in total. The molecule has 1 fully saturated rings. The number of nitrogens with zero attached hydrogens (tertiary/aromatic N) is 1. The number of hydrogen-bond donors (Lipinski definition) is 0. The zero-order valence-corrected chi connectivity index (χ0v) is 12.3. The number of ether oxygens (including phenoxy) is 2. The van der Waals surface area contributed by atoms with Crippen LogP contribution in [0.15, 0.2) is 24.1 Å². The fraction of sp³-hybridized carbons (Fsp3) is 0.533. The maximum Gasteiger partial charge on any atom is 0.410 e. The van der Waals surface area contributed by atoms with Gasteiger partial charge >= 0.3 is 6.09 Å². The van der Waals surface area contributed by atoms with Crippen LogP contribution < -0.4 is 0 Å². The van der Waals surface area contributed by atoms with Crippen LogP contribution in [0.5, 0.6) is 0 Å². The van der Waals surface area contributed by atoms with Crippen molar-refractivity contribution < 1.29 is 14.3 Å². The van der Waals surface area contributed by atoms with Crippen LogP contribution in [-0.4, -0.2) is 37.3 Å². The van der Waals surface area contributed by atoms with Crippen molar-refractivity contribution in [1.82, 2.24) is 4.90 Å². The second-order valence-electron chi connectivity index (χ2n) is 5.22. The summed E-state index contributed by atoms with van der Waals surface area (Å²) in [5.41, 5.74) is 1.25. The first kappa shape index (κ1) is 13.6. The predicted octanol–water partition coefficient (Wildman–Crippen LogP) is 2.93. The van der Waals surface area contributed by atoms with Crippen molar-refractivity contribution in [2.24, 2.45) is 0 Å². The summed E-state index contributed by atoms with van der Waals surface area (Å²) in [7, 11) is 0. The first-order valence-electron chi connectivity index (χ1n) is 6.98. The Labute approximate surface area is 123 Å². The minimum absolute atomic E-state index is 0.170. The van der Waals surface area contributed by atoms with Gasteiger partial charge in [0.25, 0.3) is 0 Å². The Morgan fingerprint density at radius 2 is 2.35 bits per heavy atom. The molecule has 0 unspecified atom stereocenters. The zero-order valence-electron chi connectivity index (χ0n) is 11.5. The van der Waals surface area contributed by atoms with Gasteiger partial charge in [0.05, 0.1) is 6.61 Å². The van der Waals surface area contributed by atoms with Crippen LogP contribution in [0.2, 0.25) is 0 Å². The monoisotopic (exact) mass is 293 g/mol. The lowest BCUT2D eigenvalue weighted by molar-refractivity contribution is -0.0922. The zero-order chi connectivity index (χ0) is 14.0. The molecule has 0 atom stereocenters. The molecule has 0 N–H and O–H groups in total. The van der Waals surface area contributed by atoms with Crippen molar-refractivity contribution >= 4 is 17.4 Å². The molecule has 0 radical (unpaired) electrons. The largest absolute Gasteiger partial charge is 0.445 e. The third kappa shape index (κ3) is 2.36. The first-order chi connectivity index (χ1) is 9.75. The Morgan fingerprint density at radius 3 is 3.10 bits per heavy atom. The molecule has 1 amide bonds. The molecule has 3 rings (SSSR count). The van der Waals surface area contributed by atoms with Crippen molar-refractivity contribution in [1.29, 1.82) is 0 Å². The van der Waals surface area contributed by atoms with E-state index in [2.05, 4.69) is 18.0 Å². The van der Waals surface area contributed by atoms with Crippen LogP contribution in [0.1, 0.15) is 23.3 Å². The predicted molar refractivity (Wildman–Crippen MR) is 78.0 cm³/mol. The molecular weight excluding hydrogens is 274 g/mol. The van der Waals surface area contributed by atoms with E-state index in [1.165, 1.54) is 10.4 Å². The summed E-state index contributed by atoms with van der Waals surface area (Å²) in [4.78, 5) is 15.0. The van der Waals surface area contributed by atoms with Crippen LogP contribution in [0.3, 0.4) is 0 Å². The lowest BCUT2D eigenvalue weighted by Gasteiger charge is -2.43.